The van der Waals surface area contributed by atoms with E-state index in [9.17, 15) is 9.59 Å². The van der Waals surface area contributed by atoms with Crippen LogP contribution in [0.25, 0.3) is 0 Å². The van der Waals surface area contributed by atoms with E-state index < -0.39 is 6.04 Å². The van der Waals surface area contributed by atoms with Crippen molar-refractivity contribution in [2.24, 2.45) is 0 Å². The van der Waals surface area contributed by atoms with Gasteiger partial charge in [0.2, 0.25) is 11.8 Å². The van der Waals surface area contributed by atoms with E-state index in [0.29, 0.717) is 12.3 Å². The molecule has 2 aromatic carbocycles. The maximum absolute atomic E-state index is 12.8. The molecule has 6 nitrogen and oxygen atoms in total. The summed E-state index contributed by atoms with van der Waals surface area (Å²) >= 11 is 1.60. The van der Waals surface area contributed by atoms with E-state index in [0.717, 1.165) is 22.6 Å². The summed E-state index contributed by atoms with van der Waals surface area (Å²) in [6, 6.07) is 14.6. The number of benzene rings is 2. The summed E-state index contributed by atoms with van der Waals surface area (Å²) in [4.78, 5) is 26.7. The summed E-state index contributed by atoms with van der Waals surface area (Å²) in [5.74, 6) is 1.83. The first-order valence-corrected chi connectivity index (χ1v) is 10.0. The van der Waals surface area contributed by atoms with Gasteiger partial charge in [-0.1, -0.05) is 24.3 Å². The molecule has 7 heteroatoms. The Morgan fingerprint density at radius 1 is 1.04 bits per heavy atom. The minimum Gasteiger partial charge on any atom is -0.497 e. The molecule has 0 radical (unpaired) electrons. The number of hydrogen-bond donors (Lipinski definition) is 1. The topological polar surface area (TPSA) is 67.9 Å². The van der Waals surface area contributed by atoms with Crippen molar-refractivity contribution in [3.63, 3.8) is 0 Å². The van der Waals surface area contributed by atoms with Crippen LogP contribution in [0.5, 0.6) is 11.5 Å². The number of carbonyl (C=O) groups excluding carboxylic acids is 2. The molecule has 2 atom stereocenters. The van der Waals surface area contributed by atoms with Gasteiger partial charge in [0.1, 0.15) is 22.9 Å². The van der Waals surface area contributed by atoms with Gasteiger partial charge in [-0.3, -0.25) is 9.59 Å². The van der Waals surface area contributed by atoms with Crippen LogP contribution in [0.1, 0.15) is 23.4 Å². The van der Waals surface area contributed by atoms with E-state index in [-0.39, 0.29) is 17.2 Å². The quantitative estimate of drug-likeness (QED) is 0.807. The smallest absolute Gasteiger partial charge is 0.243 e. The van der Waals surface area contributed by atoms with Gasteiger partial charge in [0.15, 0.2) is 0 Å². The Hall–Kier alpha value is -2.67. The van der Waals surface area contributed by atoms with Crippen LogP contribution in [0, 0.1) is 0 Å². The third-order valence-corrected chi connectivity index (χ3v) is 6.02. The van der Waals surface area contributed by atoms with Gasteiger partial charge < -0.3 is 19.7 Å². The summed E-state index contributed by atoms with van der Waals surface area (Å²) in [6.07, 6.45) is 0. The Balaban J connectivity index is 1.67. The molecule has 0 bridgehead atoms. The fraction of sp³-hybridized carbons (Fsp3) is 0.333. The number of methoxy groups -OCH3 is 2. The number of thioether (sulfide) groups is 1. The molecule has 1 heterocycles. The van der Waals surface area contributed by atoms with Gasteiger partial charge in [0.25, 0.3) is 0 Å². The molecule has 148 valence electrons. The largest absolute Gasteiger partial charge is 0.497 e. The van der Waals surface area contributed by atoms with E-state index in [4.69, 9.17) is 9.47 Å². The lowest BCUT2D eigenvalue weighted by molar-refractivity contribution is -0.138. The van der Waals surface area contributed by atoms with Gasteiger partial charge in [-0.15, -0.1) is 11.8 Å². The number of nitrogens with zero attached hydrogens (tertiary/aromatic N) is 1. The van der Waals surface area contributed by atoms with Crippen LogP contribution in [0.4, 0.5) is 0 Å². The zero-order valence-electron chi connectivity index (χ0n) is 16.2. The van der Waals surface area contributed by atoms with Crippen molar-refractivity contribution < 1.29 is 19.1 Å². The number of hydrogen-bond acceptors (Lipinski definition) is 5. The van der Waals surface area contributed by atoms with Crippen molar-refractivity contribution in [1.29, 1.82) is 0 Å². The first-order chi connectivity index (χ1) is 13.5. The van der Waals surface area contributed by atoms with Crippen LogP contribution >= 0.6 is 11.8 Å². The summed E-state index contributed by atoms with van der Waals surface area (Å²) in [5.41, 5.74) is 1.95. The second-order valence-electron chi connectivity index (χ2n) is 6.47. The van der Waals surface area contributed by atoms with Crippen molar-refractivity contribution in [1.82, 2.24) is 10.2 Å². The predicted molar refractivity (Wildman–Crippen MR) is 109 cm³/mol. The molecular formula is C21H24N2O4S. The minimum absolute atomic E-state index is 0.115. The van der Waals surface area contributed by atoms with Gasteiger partial charge >= 0.3 is 0 Å². The number of carbonyl (C=O) groups is 2. The molecular weight excluding hydrogens is 376 g/mol. The Labute approximate surface area is 169 Å². The molecule has 1 aliphatic heterocycles. The Morgan fingerprint density at radius 3 is 2.14 bits per heavy atom. The highest BCUT2D eigenvalue weighted by atomic mass is 32.2. The molecule has 3 rings (SSSR count). The summed E-state index contributed by atoms with van der Waals surface area (Å²) in [7, 11) is 3.23. The van der Waals surface area contributed by atoms with Crippen molar-refractivity contribution >= 4 is 23.6 Å². The highest BCUT2D eigenvalue weighted by Crippen LogP contribution is 2.41. The molecule has 0 aliphatic carbocycles. The highest BCUT2D eigenvalue weighted by molar-refractivity contribution is 7.99. The molecule has 1 N–H and O–H groups in total. The van der Waals surface area contributed by atoms with Gasteiger partial charge in [0.05, 0.1) is 14.2 Å². The lowest BCUT2D eigenvalue weighted by atomic mass is 10.1. The third kappa shape index (κ3) is 4.42. The Bertz CT molecular complexity index is 823. The lowest BCUT2D eigenvalue weighted by Gasteiger charge is -2.28. The molecule has 0 unspecified atom stereocenters. The van der Waals surface area contributed by atoms with Crippen LogP contribution < -0.4 is 14.8 Å². The SMILES string of the molecule is COc1ccc(CNC(=O)[C@H]2CS[C@@H](c3ccc(OC)cc3)N2C(C)=O)cc1. The Morgan fingerprint density at radius 2 is 1.61 bits per heavy atom. The monoisotopic (exact) mass is 400 g/mol. The highest BCUT2D eigenvalue weighted by Gasteiger charge is 2.40. The zero-order chi connectivity index (χ0) is 20.1. The van der Waals surface area contributed by atoms with Crippen molar-refractivity contribution in [2.45, 2.75) is 24.9 Å². The Kier molecular flexibility index (Phi) is 6.46. The number of rotatable bonds is 6. The van der Waals surface area contributed by atoms with Gasteiger partial charge in [-0.2, -0.15) is 0 Å². The van der Waals surface area contributed by atoms with Crippen molar-refractivity contribution in [3.05, 3.63) is 59.7 Å². The van der Waals surface area contributed by atoms with E-state index in [1.807, 2.05) is 48.5 Å². The summed E-state index contributed by atoms with van der Waals surface area (Å²) < 4.78 is 10.3. The molecule has 0 spiro atoms. The zero-order valence-corrected chi connectivity index (χ0v) is 17.0. The molecule has 1 aliphatic rings. The molecule has 28 heavy (non-hydrogen) atoms. The average molecular weight is 401 g/mol. The average Bonchev–Trinajstić information content (AvgIpc) is 3.18. The predicted octanol–water partition coefficient (Wildman–Crippen LogP) is 2.98. The molecule has 1 saturated heterocycles. The normalized spacial score (nSPS) is 18.6. The van der Waals surface area contributed by atoms with Crippen LogP contribution in [-0.2, 0) is 16.1 Å². The van der Waals surface area contributed by atoms with E-state index in [1.165, 1.54) is 6.92 Å². The molecule has 2 amide bonds. The van der Waals surface area contributed by atoms with Crippen molar-refractivity contribution in [3.8, 4) is 11.5 Å². The second kappa shape index (κ2) is 9.01. The van der Waals surface area contributed by atoms with Crippen LogP contribution in [0.3, 0.4) is 0 Å². The van der Waals surface area contributed by atoms with Crippen LogP contribution in [-0.4, -0.2) is 42.7 Å². The van der Waals surface area contributed by atoms with Gasteiger partial charge in [0, 0.05) is 19.2 Å². The standard InChI is InChI=1S/C21H24N2O4S/c1-14(24)23-19(13-28-21(23)16-6-10-18(27-3)11-7-16)20(25)22-12-15-4-8-17(26-2)9-5-15/h4-11,19,21H,12-13H2,1-3H3,(H,22,25)/t19-,21+/m1/s1. The maximum atomic E-state index is 12.8. The maximum Gasteiger partial charge on any atom is 0.243 e. The van der Waals surface area contributed by atoms with E-state index in [2.05, 4.69) is 5.32 Å². The fourth-order valence-electron chi connectivity index (χ4n) is 3.17. The van der Waals surface area contributed by atoms with Gasteiger partial charge in [-0.25, -0.2) is 0 Å². The number of amides is 2. The molecule has 1 fully saturated rings. The second-order valence-corrected chi connectivity index (χ2v) is 7.58. The summed E-state index contributed by atoms with van der Waals surface area (Å²) in [6.45, 7) is 1.91. The number of ether oxygens (including phenoxy) is 2. The number of nitrogens with one attached hydrogen (secondary N) is 1. The van der Waals surface area contributed by atoms with E-state index >= 15 is 0 Å². The minimum atomic E-state index is -0.493. The first kappa shape index (κ1) is 20.1. The summed E-state index contributed by atoms with van der Waals surface area (Å²) in [5, 5.41) is 2.77. The van der Waals surface area contributed by atoms with E-state index in [1.54, 1.807) is 30.9 Å². The van der Waals surface area contributed by atoms with Crippen molar-refractivity contribution in [2.75, 3.05) is 20.0 Å². The van der Waals surface area contributed by atoms with Crippen LogP contribution in [0.15, 0.2) is 48.5 Å². The molecule has 0 saturated carbocycles. The first-order valence-electron chi connectivity index (χ1n) is 8.98. The molecule has 2 aromatic rings. The molecule has 0 aromatic heterocycles. The lowest BCUT2D eigenvalue weighted by Crippen LogP contribution is -2.47. The van der Waals surface area contributed by atoms with Gasteiger partial charge in [-0.05, 0) is 35.4 Å². The van der Waals surface area contributed by atoms with Crippen LogP contribution in [0.2, 0.25) is 0 Å². The third-order valence-electron chi connectivity index (χ3n) is 4.69. The fourth-order valence-corrected chi connectivity index (χ4v) is 4.65.